The molecule has 0 spiro atoms. The monoisotopic (exact) mass is 233 g/mol. The summed E-state index contributed by atoms with van der Waals surface area (Å²) in [5, 5.41) is 10.1. The van der Waals surface area contributed by atoms with Gasteiger partial charge in [0.1, 0.15) is 11.4 Å². The third-order valence-electron chi connectivity index (χ3n) is 2.19. The quantitative estimate of drug-likeness (QED) is 0.812. The van der Waals surface area contributed by atoms with E-state index in [2.05, 4.69) is 4.98 Å². The van der Waals surface area contributed by atoms with Crippen molar-refractivity contribution in [2.75, 3.05) is 0 Å². The summed E-state index contributed by atoms with van der Waals surface area (Å²) in [5.74, 6) is -0.123. The smallest absolute Gasteiger partial charge is 0.172 e. The van der Waals surface area contributed by atoms with Gasteiger partial charge in [-0.25, -0.2) is 4.98 Å². The molecule has 0 atom stereocenters. The van der Waals surface area contributed by atoms with Gasteiger partial charge < -0.3 is 5.11 Å². The second kappa shape index (κ2) is 4.33. The SMILES string of the molecule is O=Cc1ncc(-c2ccc(Cl)cc2)cc1O. The summed E-state index contributed by atoms with van der Waals surface area (Å²) in [7, 11) is 0. The Balaban J connectivity index is 2.45. The number of pyridine rings is 1. The normalized spacial score (nSPS) is 10.1. The van der Waals surface area contributed by atoms with E-state index in [9.17, 15) is 9.90 Å². The average Bonchev–Trinajstić information content (AvgIpc) is 2.30. The molecule has 0 aliphatic carbocycles. The number of aromatic hydroxyl groups is 1. The van der Waals surface area contributed by atoms with E-state index in [1.165, 1.54) is 12.3 Å². The van der Waals surface area contributed by atoms with Crippen molar-refractivity contribution in [3.05, 3.63) is 47.2 Å². The minimum atomic E-state index is -0.123. The van der Waals surface area contributed by atoms with Crippen LogP contribution in [0.1, 0.15) is 10.5 Å². The highest BCUT2D eigenvalue weighted by molar-refractivity contribution is 6.30. The van der Waals surface area contributed by atoms with E-state index >= 15 is 0 Å². The first-order valence-corrected chi connectivity index (χ1v) is 4.98. The summed E-state index contributed by atoms with van der Waals surface area (Å²) in [6.07, 6.45) is 2.05. The molecular formula is C12H8ClNO2. The van der Waals surface area contributed by atoms with Crippen LogP contribution in [-0.4, -0.2) is 16.4 Å². The van der Waals surface area contributed by atoms with Gasteiger partial charge in [-0.3, -0.25) is 4.79 Å². The lowest BCUT2D eigenvalue weighted by molar-refractivity contribution is 0.111. The van der Waals surface area contributed by atoms with Crippen molar-refractivity contribution in [3.8, 4) is 16.9 Å². The molecule has 4 heteroatoms. The fraction of sp³-hybridized carbons (Fsp3) is 0. The molecule has 1 N–H and O–H groups in total. The van der Waals surface area contributed by atoms with E-state index in [1.54, 1.807) is 12.1 Å². The Labute approximate surface area is 97.3 Å². The van der Waals surface area contributed by atoms with E-state index in [-0.39, 0.29) is 11.4 Å². The van der Waals surface area contributed by atoms with Crippen LogP contribution >= 0.6 is 11.6 Å². The molecule has 1 heterocycles. The molecule has 0 fully saturated rings. The molecule has 0 aliphatic heterocycles. The minimum Gasteiger partial charge on any atom is -0.506 e. The third-order valence-corrected chi connectivity index (χ3v) is 2.44. The number of hydrogen-bond acceptors (Lipinski definition) is 3. The molecule has 0 radical (unpaired) electrons. The van der Waals surface area contributed by atoms with Gasteiger partial charge in [0, 0.05) is 16.8 Å². The molecule has 0 amide bonds. The van der Waals surface area contributed by atoms with Gasteiger partial charge in [-0.15, -0.1) is 0 Å². The van der Waals surface area contributed by atoms with Crippen LogP contribution in [0.15, 0.2) is 36.5 Å². The Kier molecular flexibility index (Phi) is 2.88. The summed E-state index contributed by atoms with van der Waals surface area (Å²) in [4.78, 5) is 14.3. The highest BCUT2D eigenvalue weighted by atomic mass is 35.5. The van der Waals surface area contributed by atoms with Gasteiger partial charge in [-0.1, -0.05) is 23.7 Å². The maximum Gasteiger partial charge on any atom is 0.172 e. The first-order chi connectivity index (χ1) is 7.70. The molecule has 0 unspecified atom stereocenters. The molecule has 0 saturated heterocycles. The molecule has 16 heavy (non-hydrogen) atoms. The topological polar surface area (TPSA) is 50.2 Å². The number of benzene rings is 1. The Bertz CT molecular complexity index is 523. The van der Waals surface area contributed by atoms with E-state index in [0.717, 1.165) is 11.1 Å². The standard InChI is InChI=1S/C12H8ClNO2/c13-10-3-1-8(2-4-10)9-5-12(16)11(7-15)14-6-9/h1-7,16H. The van der Waals surface area contributed by atoms with Gasteiger partial charge in [0.2, 0.25) is 0 Å². The van der Waals surface area contributed by atoms with Crippen LogP contribution in [0.2, 0.25) is 5.02 Å². The predicted octanol–water partition coefficient (Wildman–Crippen LogP) is 2.92. The number of carbonyl (C=O) groups excluding carboxylic acids is 1. The van der Waals surface area contributed by atoms with Crippen molar-refractivity contribution in [3.63, 3.8) is 0 Å². The number of hydrogen-bond donors (Lipinski definition) is 1. The van der Waals surface area contributed by atoms with Crippen LogP contribution in [0, 0.1) is 0 Å². The van der Waals surface area contributed by atoms with Crippen LogP contribution in [0.4, 0.5) is 0 Å². The molecule has 80 valence electrons. The van der Waals surface area contributed by atoms with Gasteiger partial charge in [-0.05, 0) is 23.8 Å². The summed E-state index contributed by atoms with van der Waals surface area (Å²) >= 11 is 5.77. The summed E-state index contributed by atoms with van der Waals surface area (Å²) in [5.41, 5.74) is 1.65. The number of aromatic nitrogens is 1. The minimum absolute atomic E-state index is 0.0395. The highest BCUT2D eigenvalue weighted by Crippen LogP contribution is 2.25. The number of aldehydes is 1. The second-order valence-corrected chi connectivity index (χ2v) is 3.69. The van der Waals surface area contributed by atoms with E-state index in [4.69, 9.17) is 11.6 Å². The van der Waals surface area contributed by atoms with Crippen LogP contribution in [0.3, 0.4) is 0 Å². The predicted molar refractivity (Wildman–Crippen MR) is 61.7 cm³/mol. The number of rotatable bonds is 2. The highest BCUT2D eigenvalue weighted by Gasteiger charge is 2.04. The van der Waals surface area contributed by atoms with Crippen molar-refractivity contribution in [1.82, 2.24) is 4.98 Å². The van der Waals surface area contributed by atoms with Crippen molar-refractivity contribution < 1.29 is 9.90 Å². The van der Waals surface area contributed by atoms with Gasteiger partial charge in [-0.2, -0.15) is 0 Å². The molecule has 3 nitrogen and oxygen atoms in total. The van der Waals surface area contributed by atoms with Gasteiger partial charge in [0.05, 0.1) is 0 Å². The van der Waals surface area contributed by atoms with Gasteiger partial charge in [0.25, 0.3) is 0 Å². The molecule has 0 saturated carbocycles. The largest absolute Gasteiger partial charge is 0.506 e. The summed E-state index contributed by atoms with van der Waals surface area (Å²) in [6.45, 7) is 0. The van der Waals surface area contributed by atoms with E-state index in [0.29, 0.717) is 11.3 Å². The molecule has 2 aromatic rings. The Morgan fingerprint density at radius 3 is 2.44 bits per heavy atom. The average molecular weight is 234 g/mol. The number of nitrogens with zero attached hydrogens (tertiary/aromatic N) is 1. The Hall–Kier alpha value is -1.87. The maximum atomic E-state index is 10.5. The van der Waals surface area contributed by atoms with Crippen LogP contribution < -0.4 is 0 Å². The van der Waals surface area contributed by atoms with E-state index in [1.807, 2.05) is 12.1 Å². The van der Waals surface area contributed by atoms with Crippen molar-refractivity contribution in [2.45, 2.75) is 0 Å². The number of halogens is 1. The van der Waals surface area contributed by atoms with Crippen LogP contribution in [0.25, 0.3) is 11.1 Å². The van der Waals surface area contributed by atoms with Gasteiger partial charge in [0.15, 0.2) is 6.29 Å². The van der Waals surface area contributed by atoms with E-state index < -0.39 is 0 Å². The van der Waals surface area contributed by atoms with Gasteiger partial charge >= 0.3 is 0 Å². The maximum absolute atomic E-state index is 10.5. The zero-order valence-electron chi connectivity index (χ0n) is 8.22. The molecule has 1 aromatic heterocycles. The lowest BCUT2D eigenvalue weighted by atomic mass is 10.1. The Morgan fingerprint density at radius 1 is 1.19 bits per heavy atom. The van der Waals surface area contributed by atoms with Crippen molar-refractivity contribution in [2.24, 2.45) is 0 Å². The zero-order valence-corrected chi connectivity index (χ0v) is 8.98. The van der Waals surface area contributed by atoms with Crippen LogP contribution in [0.5, 0.6) is 5.75 Å². The first-order valence-electron chi connectivity index (χ1n) is 4.61. The van der Waals surface area contributed by atoms with Crippen molar-refractivity contribution in [1.29, 1.82) is 0 Å². The second-order valence-electron chi connectivity index (χ2n) is 3.25. The third kappa shape index (κ3) is 2.04. The molecule has 2 rings (SSSR count). The fourth-order valence-electron chi connectivity index (χ4n) is 1.35. The van der Waals surface area contributed by atoms with Crippen molar-refractivity contribution >= 4 is 17.9 Å². The zero-order chi connectivity index (χ0) is 11.5. The lowest BCUT2D eigenvalue weighted by Gasteiger charge is -2.03. The Morgan fingerprint density at radius 2 is 1.88 bits per heavy atom. The number of carbonyl (C=O) groups is 1. The summed E-state index contributed by atoms with van der Waals surface area (Å²) in [6, 6.07) is 8.64. The lowest BCUT2D eigenvalue weighted by Crippen LogP contribution is -1.88. The molecule has 0 aliphatic rings. The first kappa shape index (κ1) is 10.6. The van der Waals surface area contributed by atoms with Crippen LogP contribution in [-0.2, 0) is 0 Å². The molecule has 1 aromatic carbocycles. The molecule has 0 bridgehead atoms. The molecular weight excluding hydrogens is 226 g/mol. The fourth-order valence-corrected chi connectivity index (χ4v) is 1.48. The summed E-state index contributed by atoms with van der Waals surface area (Å²) < 4.78 is 0.